The van der Waals surface area contributed by atoms with Crippen molar-refractivity contribution in [3.05, 3.63) is 0 Å². The smallest absolute Gasteiger partial charge is 0.215 e. The predicted molar refractivity (Wildman–Crippen MR) is 108 cm³/mol. The highest BCUT2D eigenvalue weighted by atomic mass is 32.2. The first-order valence-corrected chi connectivity index (χ1v) is 12.3. The van der Waals surface area contributed by atoms with Crippen molar-refractivity contribution in [3.8, 4) is 0 Å². The van der Waals surface area contributed by atoms with Crippen LogP contribution in [0, 0.1) is 11.8 Å². The van der Waals surface area contributed by atoms with Crippen molar-refractivity contribution in [3.63, 3.8) is 0 Å². The molecule has 1 aliphatic carbocycles. The quantitative estimate of drug-likeness (QED) is 0.534. The van der Waals surface area contributed by atoms with Crippen LogP contribution in [0.4, 0.5) is 0 Å². The fourth-order valence-corrected chi connectivity index (χ4v) is 6.26. The van der Waals surface area contributed by atoms with E-state index >= 15 is 0 Å². The van der Waals surface area contributed by atoms with Crippen LogP contribution in [0.15, 0.2) is 4.99 Å². The summed E-state index contributed by atoms with van der Waals surface area (Å²) in [6.45, 7) is 8.99. The van der Waals surface area contributed by atoms with Crippen molar-refractivity contribution in [2.75, 3.05) is 43.4 Å². The van der Waals surface area contributed by atoms with Crippen LogP contribution >= 0.6 is 11.8 Å². The molecule has 0 aromatic rings. The van der Waals surface area contributed by atoms with Crippen LogP contribution in [-0.4, -0.2) is 68.2 Å². The molecule has 1 saturated heterocycles. The average Bonchev–Trinajstić information content (AvgIpc) is 2.55. The molecule has 2 unspecified atom stereocenters. The van der Waals surface area contributed by atoms with Gasteiger partial charge in [-0.3, -0.25) is 4.99 Å². The minimum Gasteiger partial charge on any atom is -0.357 e. The van der Waals surface area contributed by atoms with Gasteiger partial charge < -0.3 is 10.6 Å². The lowest BCUT2D eigenvalue weighted by molar-refractivity contribution is 0.255. The number of hydrogen-bond acceptors (Lipinski definition) is 4. The summed E-state index contributed by atoms with van der Waals surface area (Å²) in [5, 5.41) is 6.76. The number of aliphatic imine (C=N–C) groups is 1. The number of guanidine groups is 1. The van der Waals surface area contributed by atoms with Gasteiger partial charge >= 0.3 is 0 Å². The lowest BCUT2D eigenvalue weighted by Gasteiger charge is -2.33. The van der Waals surface area contributed by atoms with Gasteiger partial charge in [-0.15, -0.1) is 0 Å². The highest BCUT2D eigenvalue weighted by Crippen LogP contribution is 2.28. The summed E-state index contributed by atoms with van der Waals surface area (Å²) in [4.78, 5) is 4.52. The third-order valence-corrected chi connectivity index (χ3v) is 7.64. The third-order valence-electron chi connectivity index (χ3n) is 4.85. The van der Waals surface area contributed by atoms with Crippen molar-refractivity contribution in [1.29, 1.82) is 0 Å². The summed E-state index contributed by atoms with van der Waals surface area (Å²) in [7, 11) is -3.19. The van der Waals surface area contributed by atoms with Gasteiger partial charge in [-0.05, 0) is 38.0 Å². The van der Waals surface area contributed by atoms with Gasteiger partial charge in [0.2, 0.25) is 10.0 Å². The minimum atomic E-state index is -3.19. The maximum absolute atomic E-state index is 12.4. The zero-order valence-electron chi connectivity index (χ0n) is 15.8. The molecule has 2 atom stereocenters. The molecular formula is C17H34N4O2S2. The Kier molecular flexibility index (Phi) is 8.35. The van der Waals surface area contributed by atoms with E-state index < -0.39 is 10.0 Å². The van der Waals surface area contributed by atoms with E-state index in [0.717, 1.165) is 48.7 Å². The summed E-state index contributed by atoms with van der Waals surface area (Å²) in [6.07, 6.45) is 3.59. The monoisotopic (exact) mass is 390 g/mol. The molecular weight excluding hydrogens is 356 g/mol. The van der Waals surface area contributed by atoms with Crippen LogP contribution in [0.1, 0.15) is 40.0 Å². The molecule has 0 bridgehead atoms. The molecule has 0 spiro atoms. The molecule has 1 aliphatic heterocycles. The number of thioether (sulfide) groups is 1. The summed E-state index contributed by atoms with van der Waals surface area (Å²) >= 11 is 1.82. The van der Waals surface area contributed by atoms with Crippen LogP contribution in [0.25, 0.3) is 0 Å². The number of nitrogens with one attached hydrogen (secondary N) is 2. The van der Waals surface area contributed by atoms with E-state index in [9.17, 15) is 8.42 Å². The van der Waals surface area contributed by atoms with Gasteiger partial charge in [-0.2, -0.15) is 11.8 Å². The second kappa shape index (κ2) is 10.0. The normalized spacial score (nSPS) is 29.4. The van der Waals surface area contributed by atoms with Crippen molar-refractivity contribution < 1.29 is 8.42 Å². The van der Waals surface area contributed by atoms with Crippen LogP contribution in [0.3, 0.4) is 0 Å². The predicted octanol–water partition coefficient (Wildman–Crippen LogP) is 1.74. The molecule has 25 heavy (non-hydrogen) atoms. The Bertz CT molecular complexity index is 523. The van der Waals surface area contributed by atoms with Gasteiger partial charge in [0, 0.05) is 37.2 Å². The molecule has 0 aromatic heterocycles. The Hall–Kier alpha value is -0.470. The summed E-state index contributed by atoms with van der Waals surface area (Å²) < 4.78 is 26.4. The standard InChI is InChI=1S/C17H34N4O2S2/c1-4-18-17(20-16-12-14(2)11-15(3)13-16)19-5-10-25(22,23)21-6-8-24-9-7-21/h14-16H,4-13H2,1-3H3,(H2,18,19,20). The molecule has 2 rings (SSSR count). The Morgan fingerprint density at radius 3 is 2.40 bits per heavy atom. The minimum absolute atomic E-state index is 0.0890. The van der Waals surface area contributed by atoms with Crippen LogP contribution in [0.2, 0.25) is 0 Å². The number of sulfonamides is 1. The first kappa shape index (κ1) is 20.8. The van der Waals surface area contributed by atoms with Gasteiger partial charge in [-0.25, -0.2) is 12.7 Å². The molecule has 6 nitrogen and oxygen atoms in total. The molecule has 8 heteroatoms. The molecule has 0 amide bonds. The molecule has 1 heterocycles. The fourth-order valence-electron chi connectivity index (χ4n) is 3.80. The lowest BCUT2D eigenvalue weighted by Crippen LogP contribution is -2.46. The second-order valence-corrected chi connectivity index (χ2v) is 10.7. The number of hydrogen-bond donors (Lipinski definition) is 2. The van der Waals surface area contributed by atoms with E-state index in [-0.39, 0.29) is 5.75 Å². The molecule has 0 radical (unpaired) electrons. The molecule has 146 valence electrons. The summed E-state index contributed by atoms with van der Waals surface area (Å²) in [6, 6.07) is 0.423. The number of rotatable bonds is 6. The molecule has 1 saturated carbocycles. The molecule has 0 aromatic carbocycles. The van der Waals surface area contributed by atoms with Gasteiger partial charge in [-0.1, -0.05) is 13.8 Å². The van der Waals surface area contributed by atoms with Crippen molar-refractivity contribution >= 4 is 27.7 Å². The molecule has 2 N–H and O–H groups in total. The van der Waals surface area contributed by atoms with Crippen molar-refractivity contribution in [2.45, 2.75) is 46.1 Å². The second-order valence-electron chi connectivity index (χ2n) is 7.35. The van der Waals surface area contributed by atoms with Crippen molar-refractivity contribution in [1.82, 2.24) is 14.9 Å². The maximum atomic E-state index is 12.4. The van der Waals surface area contributed by atoms with Gasteiger partial charge in [0.25, 0.3) is 0 Å². The zero-order valence-corrected chi connectivity index (χ0v) is 17.5. The van der Waals surface area contributed by atoms with Gasteiger partial charge in [0.15, 0.2) is 5.96 Å². The van der Waals surface area contributed by atoms with Crippen LogP contribution < -0.4 is 10.6 Å². The Labute approximate surface area is 157 Å². The SMILES string of the molecule is CCNC(=NCCS(=O)(=O)N1CCSCC1)NC1CC(C)CC(C)C1. The topological polar surface area (TPSA) is 73.8 Å². The van der Waals surface area contributed by atoms with Crippen LogP contribution in [-0.2, 0) is 10.0 Å². The van der Waals surface area contributed by atoms with Gasteiger partial charge in [0.05, 0.1) is 12.3 Å². The maximum Gasteiger partial charge on any atom is 0.215 e. The largest absolute Gasteiger partial charge is 0.357 e. The Morgan fingerprint density at radius 2 is 1.80 bits per heavy atom. The Balaban J connectivity index is 1.88. The van der Waals surface area contributed by atoms with Crippen molar-refractivity contribution in [2.24, 2.45) is 16.8 Å². The van der Waals surface area contributed by atoms with E-state index in [1.807, 2.05) is 18.7 Å². The first-order chi connectivity index (χ1) is 11.9. The first-order valence-electron chi connectivity index (χ1n) is 9.51. The lowest BCUT2D eigenvalue weighted by atomic mass is 9.80. The van der Waals surface area contributed by atoms with Crippen LogP contribution in [0.5, 0.6) is 0 Å². The van der Waals surface area contributed by atoms with E-state index in [1.165, 1.54) is 6.42 Å². The van der Waals surface area contributed by atoms with E-state index in [0.29, 0.717) is 25.7 Å². The van der Waals surface area contributed by atoms with E-state index in [2.05, 4.69) is 29.5 Å². The zero-order chi connectivity index (χ0) is 18.3. The molecule has 2 aliphatic rings. The molecule has 2 fully saturated rings. The third kappa shape index (κ3) is 6.98. The highest BCUT2D eigenvalue weighted by molar-refractivity contribution is 7.99. The van der Waals surface area contributed by atoms with E-state index in [1.54, 1.807) is 4.31 Å². The Morgan fingerprint density at radius 1 is 1.16 bits per heavy atom. The highest BCUT2D eigenvalue weighted by Gasteiger charge is 2.25. The van der Waals surface area contributed by atoms with E-state index in [4.69, 9.17) is 0 Å². The number of nitrogens with zero attached hydrogens (tertiary/aromatic N) is 2. The fraction of sp³-hybridized carbons (Fsp3) is 0.941. The van der Waals surface area contributed by atoms with Gasteiger partial charge in [0.1, 0.15) is 0 Å². The average molecular weight is 391 g/mol. The summed E-state index contributed by atoms with van der Waals surface area (Å²) in [5.74, 6) is 4.07. The summed E-state index contributed by atoms with van der Waals surface area (Å²) in [5.41, 5.74) is 0.